The molecule has 0 spiro atoms. The minimum atomic E-state index is 0.541. The van der Waals surface area contributed by atoms with E-state index >= 15 is 0 Å². The Kier molecular flexibility index (Phi) is 4.17. The highest BCUT2D eigenvalue weighted by atomic mass is 15.3. The molecule has 3 aromatic rings. The molecular formula is C19H27N7. The van der Waals surface area contributed by atoms with Crippen LogP contribution in [0.4, 0.5) is 5.82 Å². The normalized spacial score (nSPS) is 14.5. The number of anilines is 1. The Hall–Kier alpha value is -2.44. The highest BCUT2D eigenvalue weighted by molar-refractivity contribution is 5.72. The van der Waals surface area contributed by atoms with Crippen molar-refractivity contribution in [3.63, 3.8) is 0 Å². The second kappa shape index (κ2) is 6.37. The lowest BCUT2D eigenvalue weighted by molar-refractivity contribution is 0.637. The smallest absolute Gasteiger partial charge is 0.158 e. The summed E-state index contributed by atoms with van der Waals surface area (Å²) in [5, 5.41) is 9.15. The molecule has 0 unspecified atom stereocenters. The number of aryl methyl sites for hydroxylation is 3. The van der Waals surface area contributed by atoms with Crippen molar-refractivity contribution in [1.29, 1.82) is 0 Å². The Morgan fingerprint density at radius 2 is 2.04 bits per heavy atom. The van der Waals surface area contributed by atoms with Gasteiger partial charge < -0.3 is 4.90 Å². The van der Waals surface area contributed by atoms with Crippen molar-refractivity contribution in [1.82, 2.24) is 29.4 Å². The fourth-order valence-electron chi connectivity index (χ4n) is 4.03. The van der Waals surface area contributed by atoms with Crippen molar-refractivity contribution >= 4 is 11.3 Å². The van der Waals surface area contributed by atoms with Gasteiger partial charge in [-0.1, -0.05) is 20.8 Å². The summed E-state index contributed by atoms with van der Waals surface area (Å²) >= 11 is 0. The standard InChI is InChI=1S/C19H27N7/c1-6-15-14-10-25(8-7-17(14)24(5)23-15)19-18-16(9-12(2)3)22-13(4)26(18)21-11-20-19/h11-12H,6-10H2,1-5H3. The molecule has 0 saturated heterocycles. The molecule has 7 heteroatoms. The molecule has 26 heavy (non-hydrogen) atoms. The van der Waals surface area contributed by atoms with Gasteiger partial charge in [0.25, 0.3) is 0 Å². The number of imidazole rings is 1. The van der Waals surface area contributed by atoms with E-state index in [2.05, 4.69) is 42.8 Å². The van der Waals surface area contributed by atoms with Crippen LogP contribution in [0.5, 0.6) is 0 Å². The molecule has 138 valence electrons. The second-order valence-electron chi connectivity index (χ2n) is 7.57. The van der Waals surface area contributed by atoms with Crippen LogP contribution in [0.15, 0.2) is 6.33 Å². The molecule has 0 N–H and O–H groups in total. The molecule has 0 amide bonds. The van der Waals surface area contributed by atoms with Gasteiger partial charge in [-0.2, -0.15) is 10.2 Å². The molecule has 1 aliphatic rings. The van der Waals surface area contributed by atoms with Crippen molar-refractivity contribution in [3.8, 4) is 0 Å². The van der Waals surface area contributed by atoms with Crippen molar-refractivity contribution in [3.05, 3.63) is 34.8 Å². The van der Waals surface area contributed by atoms with Crippen LogP contribution in [-0.2, 0) is 32.9 Å². The van der Waals surface area contributed by atoms with Crippen LogP contribution in [0.2, 0.25) is 0 Å². The average Bonchev–Trinajstić information content (AvgIpc) is 3.11. The van der Waals surface area contributed by atoms with E-state index in [-0.39, 0.29) is 0 Å². The van der Waals surface area contributed by atoms with E-state index in [1.165, 1.54) is 17.0 Å². The number of fused-ring (bicyclic) bond motifs is 2. The Morgan fingerprint density at radius 1 is 1.23 bits per heavy atom. The molecule has 7 nitrogen and oxygen atoms in total. The Morgan fingerprint density at radius 3 is 2.77 bits per heavy atom. The molecule has 1 aliphatic heterocycles. The molecule has 0 aromatic carbocycles. The third-order valence-electron chi connectivity index (χ3n) is 5.21. The molecule has 4 heterocycles. The zero-order valence-corrected chi connectivity index (χ0v) is 16.3. The predicted molar refractivity (Wildman–Crippen MR) is 101 cm³/mol. The van der Waals surface area contributed by atoms with E-state index in [1.54, 1.807) is 6.33 Å². The maximum Gasteiger partial charge on any atom is 0.158 e. The molecule has 0 atom stereocenters. The summed E-state index contributed by atoms with van der Waals surface area (Å²) < 4.78 is 3.99. The Bertz CT molecular complexity index is 951. The van der Waals surface area contributed by atoms with Crippen LogP contribution in [0.3, 0.4) is 0 Å². The second-order valence-corrected chi connectivity index (χ2v) is 7.57. The Labute approximate surface area is 154 Å². The Balaban J connectivity index is 1.80. The van der Waals surface area contributed by atoms with E-state index in [4.69, 9.17) is 10.1 Å². The first-order valence-electron chi connectivity index (χ1n) is 9.47. The molecule has 0 fully saturated rings. The van der Waals surface area contributed by atoms with Crippen LogP contribution in [0.1, 0.15) is 49.2 Å². The van der Waals surface area contributed by atoms with Crippen molar-refractivity contribution in [2.75, 3.05) is 11.4 Å². The zero-order chi connectivity index (χ0) is 18.4. The van der Waals surface area contributed by atoms with Crippen LogP contribution < -0.4 is 4.90 Å². The minimum Gasteiger partial charge on any atom is -0.350 e. The minimum absolute atomic E-state index is 0.541. The quantitative estimate of drug-likeness (QED) is 0.721. The molecule has 0 aliphatic carbocycles. The van der Waals surface area contributed by atoms with Gasteiger partial charge >= 0.3 is 0 Å². The van der Waals surface area contributed by atoms with Crippen molar-refractivity contribution < 1.29 is 0 Å². The van der Waals surface area contributed by atoms with E-state index < -0.39 is 0 Å². The van der Waals surface area contributed by atoms with E-state index in [0.29, 0.717) is 5.92 Å². The molecule has 0 radical (unpaired) electrons. The topological polar surface area (TPSA) is 64.1 Å². The molecule has 4 rings (SSSR count). The lowest BCUT2D eigenvalue weighted by atomic mass is 10.0. The fourth-order valence-corrected chi connectivity index (χ4v) is 4.03. The van der Waals surface area contributed by atoms with Crippen molar-refractivity contribution in [2.24, 2.45) is 13.0 Å². The van der Waals surface area contributed by atoms with Gasteiger partial charge in [0.15, 0.2) is 5.82 Å². The predicted octanol–water partition coefficient (Wildman–Crippen LogP) is 2.49. The number of nitrogens with zero attached hydrogens (tertiary/aromatic N) is 7. The molecule has 0 saturated carbocycles. The highest BCUT2D eigenvalue weighted by Gasteiger charge is 2.27. The summed E-state index contributed by atoms with van der Waals surface area (Å²) in [4.78, 5) is 11.8. The fraction of sp³-hybridized carbons (Fsp3) is 0.579. The van der Waals surface area contributed by atoms with E-state index in [9.17, 15) is 0 Å². The first-order chi connectivity index (χ1) is 12.5. The number of hydrogen-bond acceptors (Lipinski definition) is 5. The molecule has 3 aromatic heterocycles. The summed E-state index contributed by atoms with van der Waals surface area (Å²) in [7, 11) is 2.05. The monoisotopic (exact) mass is 353 g/mol. The lowest BCUT2D eigenvalue weighted by Crippen LogP contribution is -2.32. The van der Waals surface area contributed by atoms with Gasteiger partial charge in [-0.3, -0.25) is 4.68 Å². The van der Waals surface area contributed by atoms with Gasteiger partial charge in [0.1, 0.15) is 17.7 Å². The first-order valence-corrected chi connectivity index (χ1v) is 9.47. The molecular weight excluding hydrogens is 326 g/mol. The van der Waals surface area contributed by atoms with Gasteiger partial charge in [-0.15, -0.1) is 0 Å². The third-order valence-corrected chi connectivity index (χ3v) is 5.21. The summed E-state index contributed by atoms with van der Waals surface area (Å²) in [6.07, 6.45) is 4.53. The number of hydrogen-bond donors (Lipinski definition) is 0. The van der Waals surface area contributed by atoms with E-state index in [0.717, 1.165) is 55.2 Å². The van der Waals surface area contributed by atoms with Crippen LogP contribution in [0.25, 0.3) is 5.52 Å². The van der Waals surface area contributed by atoms with Crippen LogP contribution in [-0.4, -0.2) is 35.9 Å². The SMILES string of the molecule is CCc1nn(C)c2c1CN(c1ncnn3c(C)nc(CC(C)C)c13)CC2. The number of rotatable bonds is 4. The third kappa shape index (κ3) is 2.66. The first kappa shape index (κ1) is 17.0. The van der Waals surface area contributed by atoms with Crippen LogP contribution in [0, 0.1) is 12.8 Å². The van der Waals surface area contributed by atoms with Crippen LogP contribution >= 0.6 is 0 Å². The van der Waals surface area contributed by atoms with Gasteiger partial charge in [-0.05, 0) is 25.7 Å². The van der Waals surface area contributed by atoms with Gasteiger partial charge in [0, 0.05) is 37.8 Å². The number of aromatic nitrogens is 6. The van der Waals surface area contributed by atoms with Gasteiger partial charge in [0.05, 0.1) is 11.4 Å². The maximum atomic E-state index is 4.78. The summed E-state index contributed by atoms with van der Waals surface area (Å²) in [6, 6.07) is 0. The maximum absolute atomic E-state index is 4.78. The van der Waals surface area contributed by atoms with Gasteiger partial charge in [-0.25, -0.2) is 14.5 Å². The average molecular weight is 353 g/mol. The van der Waals surface area contributed by atoms with Gasteiger partial charge in [0.2, 0.25) is 0 Å². The lowest BCUT2D eigenvalue weighted by Gasteiger charge is -2.29. The largest absolute Gasteiger partial charge is 0.350 e. The zero-order valence-electron chi connectivity index (χ0n) is 16.3. The summed E-state index contributed by atoms with van der Waals surface area (Å²) in [5.74, 6) is 2.46. The highest BCUT2D eigenvalue weighted by Crippen LogP contribution is 2.30. The molecule has 0 bridgehead atoms. The van der Waals surface area contributed by atoms with Crippen molar-refractivity contribution in [2.45, 2.75) is 53.5 Å². The summed E-state index contributed by atoms with van der Waals surface area (Å²) in [6.45, 7) is 10.4. The van der Waals surface area contributed by atoms with E-state index in [1.807, 2.05) is 16.1 Å². The summed E-state index contributed by atoms with van der Waals surface area (Å²) in [5.41, 5.74) is 6.07.